The van der Waals surface area contributed by atoms with E-state index < -0.39 is 5.60 Å². The molecule has 0 aromatic heterocycles. The maximum Gasteiger partial charge on any atom is 0.123 e. The van der Waals surface area contributed by atoms with Gasteiger partial charge in [0.1, 0.15) is 11.4 Å². The highest BCUT2D eigenvalue weighted by atomic mass is 19.1. The van der Waals surface area contributed by atoms with Gasteiger partial charge >= 0.3 is 0 Å². The first-order chi connectivity index (χ1) is 11.0. The Kier molecular flexibility index (Phi) is 4.51. The molecule has 0 saturated carbocycles. The number of likely N-dealkylation sites (tertiary alicyclic amines) is 1. The van der Waals surface area contributed by atoms with Gasteiger partial charge in [0, 0.05) is 0 Å². The van der Waals surface area contributed by atoms with Crippen molar-refractivity contribution in [3.63, 3.8) is 0 Å². The monoisotopic (exact) mass is 313 g/mol. The van der Waals surface area contributed by atoms with Crippen LogP contribution in [0.1, 0.15) is 29.5 Å². The van der Waals surface area contributed by atoms with E-state index in [1.165, 1.54) is 17.7 Å². The van der Waals surface area contributed by atoms with Crippen LogP contribution in [0, 0.1) is 18.7 Å². The van der Waals surface area contributed by atoms with Crippen LogP contribution in [-0.4, -0.2) is 30.1 Å². The molecule has 1 heterocycles. The van der Waals surface area contributed by atoms with Crippen molar-refractivity contribution in [1.82, 2.24) is 4.90 Å². The van der Waals surface area contributed by atoms with Crippen molar-refractivity contribution in [2.75, 3.05) is 20.1 Å². The fourth-order valence-corrected chi connectivity index (χ4v) is 3.58. The van der Waals surface area contributed by atoms with Gasteiger partial charge in [-0.05, 0) is 69.1 Å². The van der Waals surface area contributed by atoms with Crippen LogP contribution in [0.5, 0.6) is 0 Å². The highest BCUT2D eigenvalue weighted by Gasteiger charge is 2.41. The predicted octanol–water partition coefficient (Wildman–Crippen LogP) is 3.71. The highest BCUT2D eigenvalue weighted by molar-refractivity contribution is 5.38. The average molecular weight is 313 g/mol. The third-order valence-corrected chi connectivity index (χ3v) is 5.09. The molecule has 1 unspecified atom stereocenters. The third-order valence-electron chi connectivity index (χ3n) is 5.09. The first-order valence-corrected chi connectivity index (χ1v) is 8.24. The average Bonchev–Trinajstić information content (AvgIpc) is 2.56. The van der Waals surface area contributed by atoms with Crippen molar-refractivity contribution < 1.29 is 9.50 Å². The summed E-state index contributed by atoms with van der Waals surface area (Å²) in [6.07, 6.45) is 1.86. The summed E-state index contributed by atoms with van der Waals surface area (Å²) in [5.41, 5.74) is 1.77. The van der Waals surface area contributed by atoms with Gasteiger partial charge in [-0.2, -0.15) is 0 Å². The minimum Gasteiger partial charge on any atom is -0.380 e. The van der Waals surface area contributed by atoms with Crippen LogP contribution in [0.2, 0.25) is 0 Å². The maximum absolute atomic E-state index is 13.3. The molecule has 2 aromatic rings. The molecule has 2 aromatic carbocycles. The topological polar surface area (TPSA) is 23.5 Å². The lowest BCUT2D eigenvalue weighted by atomic mass is 9.72. The van der Waals surface area contributed by atoms with Crippen molar-refractivity contribution in [3.05, 3.63) is 71.0 Å². The van der Waals surface area contributed by atoms with E-state index in [1.807, 2.05) is 31.2 Å². The Bertz CT molecular complexity index is 597. The fourth-order valence-electron chi connectivity index (χ4n) is 3.58. The van der Waals surface area contributed by atoms with Crippen LogP contribution >= 0.6 is 0 Å². The second-order valence-electron chi connectivity index (χ2n) is 6.72. The van der Waals surface area contributed by atoms with Crippen LogP contribution in [-0.2, 0) is 5.60 Å². The zero-order valence-electron chi connectivity index (χ0n) is 13.8. The smallest absolute Gasteiger partial charge is 0.123 e. The second-order valence-corrected chi connectivity index (χ2v) is 6.72. The van der Waals surface area contributed by atoms with E-state index in [-0.39, 0.29) is 11.7 Å². The Hall–Kier alpha value is -1.71. The number of halogens is 1. The number of hydrogen-bond acceptors (Lipinski definition) is 2. The van der Waals surface area contributed by atoms with Crippen LogP contribution in [0.3, 0.4) is 0 Å². The zero-order valence-corrected chi connectivity index (χ0v) is 13.8. The number of rotatable bonds is 3. The molecular weight excluding hydrogens is 289 g/mol. The SMILES string of the molecule is Cc1ccc(C(O)(c2ccc(F)cc2)C2CCN(C)CC2)cc1. The molecule has 1 aliphatic heterocycles. The van der Waals surface area contributed by atoms with Crippen LogP contribution in [0.15, 0.2) is 48.5 Å². The van der Waals surface area contributed by atoms with Gasteiger partial charge in [-0.15, -0.1) is 0 Å². The molecule has 0 bridgehead atoms. The van der Waals surface area contributed by atoms with Crippen molar-refractivity contribution in [2.45, 2.75) is 25.4 Å². The molecule has 1 aliphatic rings. The Morgan fingerprint density at radius 1 is 0.957 bits per heavy atom. The second kappa shape index (κ2) is 6.42. The molecular formula is C20H24FNO. The molecule has 0 aliphatic carbocycles. The normalized spacial score (nSPS) is 19.5. The van der Waals surface area contributed by atoms with E-state index in [2.05, 4.69) is 11.9 Å². The number of aliphatic hydroxyl groups is 1. The van der Waals surface area contributed by atoms with Crippen LogP contribution < -0.4 is 0 Å². The van der Waals surface area contributed by atoms with Gasteiger partial charge in [0.05, 0.1) is 0 Å². The van der Waals surface area contributed by atoms with Crippen molar-refractivity contribution in [2.24, 2.45) is 5.92 Å². The fraction of sp³-hybridized carbons (Fsp3) is 0.400. The van der Waals surface area contributed by atoms with Gasteiger partial charge in [-0.1, -0.05) is 42.0 Å². The molecule has 3 heteroatoms. The Labute approximate surface area is 137 Å². The number of piperidine rings is 1. The minimum absolute atomic E-state index is 0.131. The zero-order chi connectivity index (χ0) is 16.4. The van der Waals surface area contributed by atoms with E-state index in [4.69, 9.17) is 0 Å². The summed E-state index contributed by atoms with van der Waals surface area (Å²) in [5, 5.41) is 11.7. The van der Waals surface area contributed by atoms with E-state index in [1.54, 1.807) is 12.1 Å². The summed E-state index contributed by atoms with van der Waals surface area (Å²) in [6, 6.07) is 14.3. The Morgan fingerprint density at radius 2 is 1.43 bits per heavy atom. The van der Waals surface area contributed by atoms with Crippen LogP contribution in [0.25, 0.3) is 0 Å². The van der Waals surface area contributed by atoms with E-state index in [0.717, 1.165) is 37.1 Å². The molecule has 2 nitrogen and oxygen atoms in total. The lowest BCUT2D eigenvalue weighted by Crippen LogP contribution is -2.43. The summed E-state index contributed by atoms with van der Waals surface area (Å²) in [7, 11) is 2.11. The van der Waals surface area contributed by atoms with Gasteiger partial charge in [0.15, 0.2) is 0 Å². The maximum atomic E-state index is 13.3. The molecule has 122 valence electrons. The van der Waals surface area contributed by atoms with Gasteiger partial charge in [0.25, 0.3) is 0 Å². The largest absolute Gasteiger partial charge is 0.380 e. The van der Waals surface area contributed by atoms with E-state index >= 15 is 0 Å². The molecule has 1 atom stereocenters. The molecule has 23 heavy (non-hydrogen) atoms. The lowest BCUT2D eigenvalue weighted by molar-refractivity contribution is -0.0109. The number of hydrogen-bond donors (Lipinski definition) is 1. The van der Waals surface area contributed by atoms with Crippen LogP contribution in [0.4, 0.5) is 4.39 Å². The van der Waals surface area contributed by atoms with Gasteiger partial charge in [-0.25, -0.2) is 4.39 Å². The lowest BCUT2D eigenvalue weighted by Gasteiger charge is -2.41. The van der Waals surface area contributed by atoms with Crippen molar-refractivity contribution in [1.29, 1.82) is 0 Å². The summed E-state index contributed by atoms with van der Waals surface area (Å²) in [4.78, 5) is 2.29. The highest BCUT2D eigenvalue weighted by Crippen LogP contribution is 2.41. The predicted molar refractivity (Wildman–Crippen MR) is 90.8 cm³/mol. The Morgan fingerprint density at radius 3 is 1.96 bits per heavy atom. The molecule has 0 amide bonds. The number of aryl methyl sites for hydroxylation is 1. The Balaban J connectivity index is 2.05. The van der Waals surface area contributed by atoms with E-state index in [0.29, 0.717) is 0 Å². The quantitative estimate of drug-likeness (QED) is 0.934. The summed E-state index contributed by atoms with van der Waals surface area (Å²) in [6.45, 7) is 3.98. The number of benzene rings is 2. The summed E-state index contributed by atoms with van der Waals surface area (Å²) in [5.74, 6) is -0.143. The van der Waals surface area contributed by atoms with E-state index in [9.17, 15) is 9.50 Å². The molecule has 1 saturated heterocycles. The third kappa shape index (κ3) is 3.17. The van der Waals surface area contributed by atoms with Crippen molar-refractivity contribution >= 4 is 0 Å². The molecule has 1 fully saturated rings. The first-order valence-electron chi connectivity index (χ1n) is 8.24. The van der Waals surface area contributed by atoms with Gasteiger partial charge < -0.3 is 10.0 Å². The molecule has 0 spiro atoms. The molecule has 1 N–H and O–H groups in total. The summed E-state index contributed by atoms with van der Waals surface area (Å²) < 4.78 is 13.3. The minimum atomic E-state index is -1.07. The molecule has 3 rings (SSSR count). The van der Waals surface area contributed by atoms with Gasteiger partial charge in [-0.3, -0.25) is 0 Å². The van der Waals surface area contributed by atoms with Gasteiger partial charge in [0.2, 0.25) is 0 Å². The first kappa shape index (κ1) is 16.2. The summed E-state index contributed by atoms with van der Waals surface area (Å²) >= 11 is 0. The standard InChI is InChI=1S/C20H24FNO/c1-15-3-5-16(6-4-15)20(23,17-7-9-19(21)10-8-17)18-11-13-22(2)14-12-18/h3-10,18,23H,11-14H2,1-2H3. The number of nitrogens with zero attached hydrogens (tertiary/aromatic N) is 1. The van der Waals surface area contributed by atoms with Crippen molar-refractivity contribution in [3.8, 4) is 0 Å². The molecule has 0 radical (unpaired) electrons.